The van der Waals surface area contributed by atoms with E-state index in [4.69, 9.17) is 14.7 Å². The molecule has 0 aromatic carbocycles. The van der Waals surface area contributed by atoms with E-state index in [1.165, 1.54) is 32.1 Å². The van der Waals surface area contributed by atoms with Crippen LogP contribution in [0.1, 0.15) is 50.3 Å². The molecule has 0 amide bonds. The van der Waals surface area contributed by atoms with Crippen LogP contribution in [0.15, 0.2) is 6.20 Å². The third kappa shape index (κ3) is 3.04. The molecule has 1 saturated heterocycles. The summed E-state index contributed by atoms with van der Waals surface area (Å²) in [7, 11) is 1.95. The van der Waals surface area contributed by atoms with Crippen LogP contribution in [0.5, 0.6) is 0 Å². The summed E-state index contributed by atoms with van der Waals surface area (Å²) in [4.78, 5) is 9.65. The topological polar surface area (TPSA) is 64.9 Å². The first-order chi connectivity index (χ1) is 11.3. The summed E-state index contributed by atoms with van der Waals surface area (Å²) in [5.74, 6) is 3.13. The molecule has 1 atom stereocenters. The second kappa shape index (κ2) is 6.43. The second-order valence-corrected chi connectivity index (χ2v) is 6.86. The van der Waals surface area contributed by atoms with E-state index >= 15 is 0 Å². The Morgan fingerprint density at radius 3 is 2.91 bits per heavy atom. The number of aryl methyl sites for hydroxylation is 1. The van der Waals surface area contributed by atoms with E-state index in [-0.39, 0.29) is 0 Å². The molecule has 6 heteroatoms. The Bertz CT molecular complexity index is 671. The first-order valence-electron chi connectivity index (χ1n) is 8.82. The number of fused-ring (bicyclic) bond motifs is 1. The molecule has 1 aliphatic heterocycles. The highest BCUT2D eigenvalue weighted by Gasteiger charge is 2.22. The normalized spacial score (nSPS) is 22.2. The van der Waals surface area contributed by atoms with E-state index in [9.17, 15) is 0 Å². The van der Waals surface area contributed by atoms with Gasteiger partial charge in [-0.25, -0.2) is 9.97 Å². The minimum absolute atomic E-state index is 0.512. The zero-order valence-corrected chi connectivity index (χ0v) is 13.8. The highest BCUT2D eigenvalue weighted by Crippen LogP contribution is 2.34. The van der Waals surface area contributed by atoms with Crippen molar-refractivity contribution in [2.45, 2.75) is 44.4 Å². The predicted octanol–water partition coefficient (Wildman–Crippen LogP) is 2.86. The summed E-state index contributed by atoms with van der Waals surface area (Å²) in [6.45, 7) is 2.75. The number of anilines is 1. The maximum Gasteiger partial charge on any atom is 0.163 e. The van der Waals surface area contributed by atoms with Crippen LogP contribution in [0.2, 0.25) is 0 Å². The van der Waals surface area contributed by atoms with Crippen LogP contribution in [0, 0.1) is 5.92 Å². The summed E-state index contributed by atoms with van der Waals surface area (Å²) in [5, 5.41) is 8.92. The fourth-order valence-corrected chi connectivity index (χ4v) is 3.75. The smallest absolute Gasteiger partial charge is 0.163 e. The van der Waals surface area contributed by atoms with Crippen molar-refractivity contribution < 1.29 is 4.74 Å². The molecule has 3 heterocycles. The predicted molar refractivity (Wildman–Crippen MR) is 89.5 cm³/mol. The van der Waals surface area contributed by atoms with Gasteiger partial charge in [0.15, 0.2) is 5.65 Å². The average Bonchev–Trinajstić information content (AvgIpc) is 3.29. The van der Waals surface area contributed by atoms with Gasteiger partial charge in [-0.3, -0.25) is 4.68 Å². The Labute approximate surface area is 136 Å². The highest BCUT2D eigenvalue weighted by molar-refractivity contribution is 5.86. The number of nitrogens with one attached hydrogen (secondary N) is 1. The first-order valence-corrected chi connectivity index (χ1v) is 8.82. The summed E-state index contributed by atoms with van der Waals surface area (Å²) >= 11 is 0. The number of hydrogen-bond acceptors (Lipinski definition) is 5. The molecule has 2 aromatic heterocycles. The number of hydrogen-bond donors (Lipinski definition) is 1. The van der Waals surface area contributed by atoms with E-state index < -0.39 is 0 Å². The fourth-order valence-electron chi connectivity index (χ4n) is 3.75. The molecule has 1 saturated carbocycles. The van der Waals surface area contributed by atoms with Crippen molar-refractivity contribution in [3.8, 4) is 0 Å². The second-order valence-electron chi connectivity index (χ2n) is 6.86. The van der Waals surface area contributed by atoms with Gasteiger partial charge in [0.1, 0.15) is 11.6 Å². The molecule has 2 aromatic rings. The molecule has 4 rings (SSSR count). The van der Waals surface area contributed by atoms with Crippen molar-refractivity contribution in [1.82, 2.24) is 19.7 Å². The van der Waals surface area contributed by atoms with Gasteiger partial charge in [-0.15, -0.1) is 0 Å². The van der Waals surface area contributed by atoms with Gasteiger partial charge in [-0.1, -0.05) is 12.8 Å². The van der Waals surface area contributed by atoms with E-state index in [0.717, 1.165) is 48.9 Å². The Kier molecular flexibility index (Phi) is 4.16. The molecular formula is C17H25N5O. The number of nitrogens with zero attached hydrogens (tertiary/aromatic N) is 4. The minimum atomic E-state index is 0.512. The van der Waals surface area contributed by atoms with Gasteiger partial charge in [-0.05, 0) is 31.6 Å². The molecule has 2 aliphatic rings. The lowest BCUT2D eigenvalue weighted by Gasteiger charge is -2.13. The van der Waals surface area contributed by atoms with E-state index in [1.54, 1.807) is 0 Å². The average molecular weight is 315 g/mol. The van der Waals surface area contributed by atoms with Crippen molar-refractivity contribution in [1.29, 1.82) is 0 Å². The molecule has 0 radical (unpaired) electrons. The minimum Gasteiger partial charge on any atom is -0.381 e. The summed E-state index contributed by atoms with van der Waals surface area (Å²) in [5.41, 5.74) is 0.939. The molecule has 1 aliphatic carbocycles. The van der Waals surface area contributed by atoms with E-state index in [2.05, 4.69) is 10.4 Å². The van der Waals surface area contributed by atoms with Crippen molar-refractivity contribution >= 4 is 16.9 Å². The maximum atomic E-state index is 5.45. The van der Waals surface area contributed by atoms with Gasteiger partial charge in [0, 0.05) is 32.7 Å². The maximum absolute atomic E-state index is 5.45. The number of rotatable bonds is 5. The van der Waals surface area contributed by atoms with Crippen LogP contribution >= 0.6 is 0 Å². The van der Waals surface area contributed by atoms with Crippen LogP contribution in [-0.2, 0) is 11.8 Å². The quantitative estimate of drug-likeness (QED) is 0.919. The van der Waals surface area contributed by atoms with Crippen molar-refractivity contribution in [3.63, 3.8) is 0 Å². The van der Waals surface area contributed by atoms with Gasteiger partial charge in [-0.2, -0.15) is 5.10 Å². The molecular weight excluding hydrogens is 290 g/mol. The van der Waals surface area contributed by atoms with Gasteiger partial charge in [0.05, 0.1) is 11.6 Å². The first kappa shape index (κ1) is 14.9. The van der Waals surface area contributed by atoms with Gasteiger partial charge in [0.2, 0.25) is 0 Å². The molecule has 6 nitrogen and oxygen atoms in total. The monoisotopic (exact) mass is 315 g/mol. The molecule has 23 heavy (non-hydrogen) atoms. The molecule has 2 fully saturated rings. The lowest BCUT2D eigenvalue weighted by molar-refractivity contribution is 0.185. The molecule has 0 bridgehead atoms. The summed E-state index contributed by atoms with van der Waals surface area (Å²) in [6, 6.07) is 0. The zero-order chi connectivity index (χ0) is 15.6. The molecule has 1 N–H and O–H groups in total. The molecule has 1 unspecified atom stereocenters. The summed E-state index contributed by atoms with van der Waals surface area (Å²) in [6.07, 6.45) is 9.19. The Hall–Kier alpha value is -1.69. The van der Waals surface area contributed by atoms with Gasteiger partial charge < -0.3 is 10.1 Å². The van der Waals surface area contributed by atoms with Crippen LogP contribution in [0.3, 0.4) is 0 Å². The number of aromatic nitrogens is 4. The highest BCUT2D eigenvalue weighted by atomic mass is 16.5. The number of ether oxygens (including phenoxy) is 1. The Morgan fingerprint density at radius 1 is 1.26 bits per heavy atom. The molecule has 0 spiro atoms. The standard InChI is InChI=1S/C17H25N5O/c1-22-17-14(10-19-22)16(18-8-6-12-7-9-23-11-12)20-15(21-17)13-4-2-3-5-13/h10,12-13H,2-9,11H2,1H3,(H,18,20,21). The lowest BCUT2D eigenvalue weighted by Crippen LogP contribution is -2.12. The fraction of sp³-hybridized carbons (Fsp3) is 0.706. The summed E-state index contributed by atoms with van der Waals surface area (Å²) < 4.78 is 7.31. The third-order valence-corrected chi connectivity index (χ3v) is 5.20. The third-order valence-electron chi connectivity index (χ3n) is 5.20. The Morgan fingerprint density at radius 2 is 2.13 bits per heavy atom. The van der Waals surface area contributed by atoms with Crippen molar-refractivity contribution in [2.24, 2.45) is 13.0 Å². The van der Waals surface area contributed by atoms with E-state index in [1.807, 2.05) is 17.9 Å². The lowest BCUT2D eigenvalue weighted by atomic mass is 10.1. The van der Waals surface area contributed by atoms with Gasteiger partial charge >= 0.3 is 0 Å². The van der Waals surface area contributed by atoms with Crippen LogP contribution < -0.4 is 5.32 Å². The Balaban J connectivity index is 1.55. The SMILES string of the molecule is Cn1ncc2c(NCCC3CCOC3)nc(C3CCCC3)nc21. The van der Waals surface area contributed by atoms with Crippen molar-refractivity contribution in [2.75, 3.05) is 25.1 Å². The zero-order valence-electron chi connectivity index (χ0n) is 13.8. The van der Waals surface area contributed by atoms with Crippen LogP contribution in [0.25, 0.3) is 11.0 Å². The molecule has 124 valence electrons. The van der Waals surface area contributed by atoms with Crippen LogP contribution in [-0.4, -0.2) is 39.5 Å². The van der Waals surface area contributed by atoms with E-state index in [0.29, 0.717) is 11.8 Å². The van der Waals surface area contributed by atoms with Crippen molar-refractivity contribution in [3.05, 3.63) is 12.0 Å². The largest absolute Gasteiger partial charge is 0.381 e. The van der Waals surface area contributed by atoms with Crippen LogP contribution in [0.4, 0.5) is 5.82 Å². The van der Waals surface area contributed by atoms with Gasteiger partial charge in [0.25, 0.3) is 0 Å².